The van der Waals surface area contributed by atoms with Crippen molar-refractivity contribution in [3.63, 3.8) is 0 Å². The van der Waals surface area contributed by atoms with E-state index in [9.17, 15) is 5.11 Å². The van der Waals surface area contributed by atoms with E-state index in [1.807, 2.05) is 24.3 Å². The Kier molecular flexibility index (Phi) is 2.66. The summed E-state index contributed by atoms with van der Waals surface area (Å²) in [5, 5.41) is 18.7. The van der Waals surface area contributed by atoms with Gasteiger partial charge in [0.05, 0.1) is 29.9 Å². The van der Waals surface area contributed by atoms with Gasteiger partial charge in [0.2, 0.25) is 0 Å². The minimum atomic E-state index is 0.205. The highest BCUT2D eigenvalue weighted by molar-refractivity contribution is 5.83. The number of nitriles is 1. The molecule has 0 saturated heterocycles. The van der Waals surface area contributed by atoms with Crippen LogP contribution in [-0.2, 0) is 6.42 Å². The molecule has 1 heterocycles. The lowest BCUT2D eigenvalue weighted by Crippen LogP contribution is -1.85. The fraction of sp³-hybridized carbons (Fsp3) is 0.0667. The maximum absolute atomic E-state index is 9.97. The van der Waals surface area contributed by atoms with Crippen LogP contribution in [0, 0.1) is 11.3 Å². The van der Waals surface area contributed by atoms with Gasteiger partial charge in [-0.15, -0.1) is 0 Å². The summed E-state index contributed by atoms with van der Waals surface area (Å²) in [4.78, 5) is 7.23. The van der Waals surface area contributed by atoms with E-state index in [1.54, 1.807) is 18.5 Å². The third kappa shape index (κ3) is 2.02. The molecule has 0 radical (unpaired) electrons. The molecule has 19 heavy (non-hydrogen) atoms. The minimum Gasteiger partial charge on any atom is -0.507 e. The summed E-state index contributed by atoms with van der Waals surface area (Å²) in [6, 6.07) is 13.1. The van der Waals surface area contributed by atoms with Gasteiger partial charge in [0, 0.05) is 5.56 Å². The van der Waals surface area contributed by atoms with Crippen LogP contribution < -0.4 is 0 Å². The first kappa shape index (κ1) is 11.3. The molecule has 92 valence electrons. The Morgan fingerprint density at radius 1 is 1.21 bits per heavy atom. The summed E-state index contributed by atoms with van der Waals surface area (Å²) >= 11 is 0. The van der Waals surface area contributed by atoms with Gasteiger partial charge in [0.25, 0.3) is 0 Å². The molecule has 0 unspecified atom stereocenters. The van der Waals surface area contributed by atoms with Gasteiger partial charge in [-0.05, 0) is 35.4 Å². The van der Waals surface area contributed by atoms with E-state index in [-0.39, 0.29) is 5.75 Å². The predicted molar refractivity (Wildman–Crippen MR) is 72.5 cm³/mol. The zero-order valence-electron chi connectivity index (χ0n) is 10.1. The maximum Gasteiger partial charge on any atom is 0.123 e. The van der Waals surface area contributed by atoms with Crippen molar-refractivity contribution < 1.29 is 5.11 Å². The van der Waals surface area contributed by atoms with Gasteiger partial charge in [0.15, 0.2) is 0 Å². The summed E-state index contributed by atoms with van der Waals surface area (Å²) in [5.41, 5.74) is 4.30. The van der Waals surface area contributed by atoms with Crippen LogP contribution in [0.2, 0.25) is 0 Å². The Bertz CT molecular complexity index is 783. The molecule has 0 aliphatic rings. The fourth-order valence-electron chi connectivity index (χ4n) is 2.12. The Hall–Kier alpha value is -2.80. The normalized spacial score (nSPS) is 10.5. The summed E-state index contributed by atoms with van der Waals surface area (Å²) in [5.74, 6) is 0.205. The van der Waals surface area contributed by atoms with Crippen molar-refractivity contribution >= 4 is 11.0 Å². The standard InChI is InChI=1S/C15H11N3O/c16-6-5-10-1-4-15(19)12(7-10)11-2-3-13-14(8-11)18-9-17-13/h1-4,7-9,19H,5H2,(H,17,18). The molecule has 0 fully saturated rings. The average molecular weight is 249 g/mol. The van der Waals surface area contributed by atoms with Crippen LogP contribution in [0.4, 0.5) is 0 Å². The van der Waals surface area contributed by atoms with E-state index in [4.69, 9.17) is 5.26 Å². The molecule has 3 rings (SSSR count). The topological polar surface area (TPSA) is 72.7 Å². The molecule has 3 aromatic rings. The Labute approximate surface area is 110 Å². The van der Waals surface area contributed by atoms with Crippen LogP contribution in [0.25, 0.3) is 22.2 Å². The van der Waals surface area contributed by atoms with Gasteiger partial charge < -0.3 is 10.1 Å². The van der Waals surface area contributed by atoms with E-state index in [1.165, 1.54) is 0 Å². The SMILES string of the molecule is N#CCc1ccc(O)c(-c2ccc3[nH]cnc3c2)c1. The van der Waals surface area contributed by atoms with Crippen molar-refractivity contribution in [3.8, 4) is 22.9 Å². The van der Waals surface area contributed by atoms with E-state index < -0.39 is 0 Å². The average Bonchev–Trinajstić information content (AvgIpc) is 2.88. The number of hydrogen-bond acceptors (Lipinski definition) is 3. The van der Waals surface area contributed by atoms with E-state index in [0.29, 0.717) is 6.42 Å². The molecule has 2 N–H and O–H groups in total. The number of aromatic hydroxyl groups is 1. The van der Waals surface area contributed by atoms with Crippen LogP contribution in [-0.4, -0.2) is 15.1 Å². The van der Waals surface area contributed by atoms with Crippen LogP contribution >= 0.6 is 0 Å². The van der Waals surface area contributed by atoms with Gasteiger partial charge in [-0.3, -0.25) is 0 Å². The first-order chi connectivity index (χ1) is 9.28. The van der Waals surface area contributed by atoms with Crippen LogP contribution in [0.15, 0.2) is 42.7 Å². The van der Waals surface area contributed by atoms with Crippen LogP contribution in [0.3, 0.4) is 0 Å². The Morgan fingerprint density at radius 2 is 2.11 bits per heavy atom. The Balaban J connectivity index is 2.14. The molecule has 4 nitrogen and oxygen atoms in total. The molecule has 0 aliphatic carbocycles. The van der Waals surface area contributed by atoms with Crippen molar-refractivity contribution in [2.75, 3.05) is 0 Å². The van der Waals surface area contributed by atoms with Crippen molar-refractivity contribution in [1.82, 2.24) is 9.97 Å². The Morgan fingerprint density at radius 3 is 2.95 bits per heavy atom. The number of fused-ring (bicyclic) bond motifs is 1. The zero-order chi connectivity index (χ0) is 13.2. The minimum absolute atomic E-state index is 0.205. The molecular weight excluding hydrogens is 238 g/mol. The summed E-state index contributed by atoms with van der Waals surface area (Å²) in [6.07, 6.45) is 1.97. The second-order valence-corrected chi connectivity index (χ2v) is 4.32. The highest BCUT2D eigenvalue weighted by Crippen LogP contribution is 2.31. The highest BCUT2D eigenvalue weighted by Gasteiger charge is 2.07. The molecule has 0 aliphatic heterocycles. The number of phenolic OH excluding ortho intramolecular Hbond substituents is 1. The second-order valence-electron chi connectivity index (χ2n) is 4.32. The molecule has 1 aromatic heterocycles. The molecule has 2 aromatic carbocycles. The lowest BCUT2D eigenvalue weighted by atomic mass is 10.0. The number of H-pyrrole nitrogens is 1. The third-order valence-corrected chi connectivity index (χ3v) is 3.08. The number of hydrogen-bond donors (Lipinski definition) is 2. The number of rotatable bonds is 2. The lowest BCUT2D eigenvalue weighted by Gasteiger charge is -2.06. The number of aromatic nitrogens is 2. The van der Waals surface area contributed by atoms with Crippen molar-refractivity contribution in [1.29, 1.82) is 5.26 Å². The number of aromatic amines is 1. The predicted octanol–water partition coefficient (Wildman–Crippen LogP) is 3.00. The first-order valence-electron chi connectivity index (χ1n) is 5.90. The van der Waals surface area contributed by atoms with Gasteiger partial charge in [-0.2, -0.15) is 5.26 Å². The molecule has 0 saturated carbocycles. The zero-order valence-corrected chi connectivity index (χ0v) is 10.1. The highest BCUT2D eigenvalue weighted by atomic mass is 16.3. The monoisotopic (exact) mass is 249 g/mol. The van der Waals surface area contributed by atoms with Gasteiger partial charge in [0.1, 0.15) is 5.75 Å². The summed E-state index contributed by atoms with van der Waals surface area (Å²) in [7, 11) is 0. The number of nitrogens with zero attached hydrogens (tertiary/aromatic N) is 2. The number of nitrogens with one attached hydrogen (secondary N) is 1. The largest absolute Gasteiger partial charge is 0.507 e. The van der Waals surface area contributed by atoms with Crippen LogP contribution in [0.1, 0.15) is 5.56 Å². The second kappa shape index (κ2) is 4.46. The fourth-order valence-corrected chi connectivity index (χ4v) is 2.12. The molecule has 0 amide bonds. The summed E-state index contributed by atoms with van der Waals surface area (Å²) in [6.45, 7) is 0. The van der Waals surface area contributed by atoms with E-state index in [0.717, 1.165) is 27.7 Å². The first-order valence-corrected chi connectivity index (χ1v) is 5.90. The molecule has 0 spiro atoms. The number of phenols is 1. The van der Waals surface area contributed by atoms with Gasteiger partial charge >= 0.3 is 0 Å². The quantitative estimate of drug-likeness (QED) is 0.733. The third-order valence-electron chi connectivity index (χ3n) is 3.08. The van der Waals surface area contributed by atoms with E-state index >= 15 is 0 Å². The summed E-state index contributed by atoms with van der Waals surface area (Å²) < 4.78 is 0. The molecule has 0 atom stereocenters. The van der Waals surface area contributed by atoms with Gasteiger partial charge in [-0.1, -0.05) is 12.1 Å². The van der Waals surface area contributed by atoms with E-state index in [2.05, 4.69) is 16.0 Å². The van der Waals surface area contributed by atoms with Crippen LogP contribution in [0.5, 0.6) is 5.75 Å². The van der Waals surface area contributed by atoms with Crippen molar-refractivity contribution in [2.24, 2.45) is 0 Å². The number of imidazole rings is 1. The molecule has 4 heteroatoms. The van der Waals surface area contributed by atoms with Gasteiger partial charge in [-0.25, -0.2) is 4.98 Å². The smallest absolute Gasteiger partial charge is 0.123 e. The van der Waals surface area contributed by atoms with Crippen molar-refractivity contribution in [2.45, 2.75) is 6.42 Å². The lowest BCUT2D eigenvalue weighted by molar-refractivity contribution is 0.477. The maximum atomic E-state index is 9.97. The van der Waals surface area contributed by atoms with Crippen molar-refractivity contribution in [3.05, 3.63) is 48.3 Å². The molecular formula is C15H11N3O. The number of benzene rings is 2. The molecule has 0 bridgehead atoms.